The SMILES string of the molecule is COc1ccc([C@H]2Nc3c(C)cccc3-c3cc(C)nn32)cc1O. The van der Waals surface area contributed by atoms with Crippen molar-refractivity contribution in [3.05, 3.63) is 59.3 Å². The maximum Gasteiger partial charge on any atom is 0.160 e. The maximum absolute atomic E-state index is 10.1. The van der Waals surface area contributed by atoms with E-state index in [1.807, 2.05) is 17.7 Å². The summed E-state index contributed by atoms with van der Waals surface area (Å²) in [5.74, 6) is 0.584. The van der Waals surface area contributed by atoms with Gasteiger partial charge in [-0.15, -0.1) is 0 Å². The van der Waals surface area contributed by atoms with Crippen molar-refractivity contribution in [3.63, 3.8) is 0 Å². The average molecular weight is 321 g/mol. The molecule has 1 aliphatic heterocycles. The van der Waals surface area contributed by atoms with Crippen LogP contribution in [0.5, 0.6) is 11.5 Å². The third-order valence-corrected chi connectivity index (χ3v) is 4.45. The van der Waals surface area contributed by atoms with E-state index in [1.165, 1.54) is 5.56 Å². The number of aromatic hydroxyl groups is 1. The molecule has 1 atom stereocenters. The second kappa shape index (κ2) is 5.30. The fourth-order valence-corrected chi connectivity index (χ4v) is 3.29. The zero-order chi connectivity index (χ0) is 16.8. The molecule has 0 spiro atoms. The van der Waals surface area contributed by atoms with E-state index in [1.54, 1.807) is 19.2 Å². The smallest absolute Gasteiger partial charge is 0.160 e. The van der Waals surface area contributed by atoms with Crippen molar-refractivity contribution in [2.75, 3.05) is 12.4 Å². The molecule has 5 heteroatoms. The molecule has 0 saturated heterocycles. The van der Waals surface area contributed by atoms with Gasteiger partial charge in [-0.2, -0.15) is 5.10 Å². The summed E-state index contributed by atoms with van der Waals surface area (Å²) in [6.45, 7) is 4.08. The largest absolute Gasteiger partial charge is 0.504 e. The second-order valence-corrected chi connectivity index (χ2v) is 6.09. The van der Waals surface area contributed by atoms with Crippen LogP contribution in [0.25, 0.3) is 11.3 Å². The molecule has 4 rings (SSSR count). The van der Waals surface area contributed by atoms with E-state index in [4.69, 9.17) is 4.74 Å². The number of aromatic nitrogens is 2. The van der Waals surface area contributed by atoms with Crippen LogP contribution in [-0.2, 0) is 0 Å². The number of aryl methyl sites for hydroxylation is 2. The Morgan fingerprint density at radius 3 is 2.75 bits per heavy atom. The van der Waals surface area contributed by atoms with E-state index in [0.717, 1.165) is 28.2 Å². The molecule has 2 N–H and O–H groups in total. The summed E-state index contributed by atoms with van der Waals surface area (Å²) < 4.78 is 7.11. The number of nitrogens with one attached hydrogen (secondary N) is 1. The second-order valence-electron chi connectivity index (χ2n) is 6.09. The van der Waals surface area contributed by atoms with Gasteiger partial charge >= 0.3 is 0 Å². The lowest BCUT2D eigenvalue weighted by atomic mass is 10.0. The number of hydrogen-bond acceptors (Lipinski definition) is 4. The van der Waals surface area contributed by atoms with Crippen LogP contribution in [-0.4, -0.2) is 22.0 Å². The summed E-state index contributed by atoms with van der Waals surface area (Å²) in [6, 6.07) is 13.8. The zero-order valence-electron chi connectivity index (χ0n) is 13.9. The molecule has 0 radical (unpaired) electrons. The van der Waals surface area contributed by atoms with Crippen molar-refractivity contribution in [1.29, 1.82) is 0 Å². The number of para-hydroxylation sites is 1. The fraction of sp³-hybridized carbons (Fsp3) is 0.211. The average Bonchev–Trinajstić information content (AvgIpc) is 2.96. The molecular weight excluding hydrogens is 302 g/mol. The van der Waals surface area contributed by atoms with Crippen LogP contribution < -0.4 is 10.1 Å². The molecule has 122 valence electrons. The minimum absolute atomic E-state index is 0.123. The van der Waals surface area contributed by atoms with Crippen LogP contribution in [0.3, 0.4) is 0 Å². The Labute approximate surface area is 140 Å². The first-order valence-corrected chi connectivity index (χ1v) is 7.88. The predicted octanol–water partition coefficient (Wildman–Crippen LogP) is 3.85. The normalized spacial score (nSPS) is 15.4. The Balaban J connectivity index is 1.89. The van der Waals surface area contributed by atoms with E-state index in [-0.39, 0.29) is 11.9 Å². The Morgan fingerprint density at radius 1 is 1.17 bits per heavy atom. The first kappa shape index (κ1) is 14.6. The van der Waals surface area contributed by atoms with Gasteiger partial charge in [0.1, 0.15) is 6.17 Å². The zero-order valence-corrected chi connectivity index (χ0v) is 13.9. The lowest BCUT2D eigenvalue weighted by Gasteiger charge is -2.30. The predicted molar refractivity (Wildman–Crippen MR) is 93.6 cm³/mol. The van der Waals surface area contributed by atoms with Crippen molar-refractivity contribution in [3.8, 4) is 22.8 Å². The van der Waals surface area contributed by atoms with E-state index in [0.29, 0.717) is 5.75 Å². The maximum atomic E-state index is 10.1. The molecule has 0 saturated carbocycles. The standard InChI is InChI=1S/C19H19N3O2/c1-11-5-4-6-14-15-9-12(2)21-22(15)19(20-18(11)14)13-7-8-17(24-3)16(23)10-13/h4-10,19-20,23H,1-3H3/t19-/m0/s1. The van der Waals surface area contributed by atoms with Gasteiger partial charge in [0.15, 0.2) is 11.5 Å². The number of nitrogens with zero attached hydrogens (tertiary/aromatic N) is 2. The first-order valence-electron chi connectivity index (χ1n) is 7.88. The minimum Gasteiger partial charge on any atom is -0.504 e. The van der Waals surface area contributed by atoms with E-state index < -0.39 is 0 Å². The highest BCUT2D eigenvalue weighted by Crippen LogP contribution is 2.41. The van der Waals surface area contributed by atoms with Crippen molar-refractivity contribution >= 4 is 5.69 Å². The van der Waals surface area contributed by atoms with Gasteiger partial charge in [0.05, 0.1) is 18.5 Å². The van der Waals surface area contributed by atoms with Gasteiger partial charge in [0.25, 0.3) is 0 Å². The number of methoxy groups -OCH3 is 1. The van der Waals surface area contributed by atoms with Gasteiger partial charge in [-0.3, -0.25) is 0 Å². The monoisotopic (exact) mass is 321 g/mol. The molecule has 0 amide bonds. The minimum atomic E-state index is -0.181. The Bertz CT molecular complexity index is 930. The van der Waals surface area contributed by atoms with Crippen LogP contribution in [0.15, 0.2) is 42.5 Å². The highest BCUT2D eigenvalue weighted by molar-refractivity contribution is 5.81. The molecule has 3 aromatic rings. The molecular formula is C19H19N3O2. The molecule has 2 heterocycles. The van der Waals surface area contributed by atoms with Gasteiger partial charge in [0, 0.05) is 16.8 Å². The lowest BCUT2D eigenvalue weighted by Crippen LogP contribution is -2.26. The number of anilines is 1. The van der Waals surface area contributed by atoms with Crippen molar-refractivity contribution < 1.29 is 9.84 Å². The van der Waals surface area contributed by atoms with E-state index >= 15 is 0 Å². The van der Waals surface area contributed by atoms with Crippen LogP contribution in [0.4, 0.5) is 5.69 Å². The number of benzene rings is 2. The molecule has 0 bridgehead atoms. The van der Waals surface area contributed by atoms with Crippen molar-refractivity contribution in [2.45, 2.75) is 20.0 Å². The topological polar surface area (TPSA) is 59.3 Å². The fourth-order valence-electron chi connectivity index (χ4n) is 3.29. The van der Waals surface area contributed by atoms with E-state index in [9.17, 15) is 5.11 Å². The molecule has 1 aliphatic rings. The summed E-state index contributed by atoms with van der Waals surface area (Å²) in [6.07, 6.45) is -0.181. The summed E-state index contributed by atoms with van der Waals surface area (Å²) >= 11 is 0. The Morgan fingerprint density at radius 2 is 2.00 bits per heavy atom. The van der Waals surface area contributed by atoms with E-state index in [2.05, 4.69) is 41.6 Å². The summed E-state index contributed by atoms with van der Waals surface area (Å²) in [7, 11) is 1.54. The summed E-state index contributed by atoms with van der Waals surface area (Å²) in [5.41, 5.74) is 6.39. The number of phenols is 1. The van der Waals surface area contributed by atoms with Gasteiger partial charge in [-0.1, -0.05) is 24.3 Å². The number of fused-ring (bicyclic) bond motifs is 3. The van der Waals surface area contributed by atoms with Gasteiger partial charge < -0.3 is 15.2 Å². The molecule has 24 heavy (non-hydrogen) atoms. The number of rotatable bonds is 2. The van der Waals surface area contributed by atoms with Gasteiger partial charge in [-0.05, 0) is 37.6 Å². The summed E-state index contributed by atoms with van der Waals surface area (Å²) in [5, 5.41) is 18.4. The molecule has 0 fully saturated rings. The Hall–Kier alpha value is -2.95. The number of hydrogen-bond donors (Lipinski definition) is 2. The highest BCUT2D eigenvalue weighted by atomic mass is 16.5. The third kappa shape index (κ3) is 2.12. The molecule has 5 nitrogen and oxygen atoms in total. The van der Waals surface area contributed by atoms with Crippen molar-refractivity contribution in [2.24, 2.45) is 0 Å². The highest BCUT2D eigenvalue weighted by Gasteiger charge is 2.27. The summed E-state index contributed by atoms with van der Waals surface area (Å²) in [4.78, 5) is 0. The Kier molecular flexibility index (Phi) is 3.23. The quantitative estimate of drug-likeness (QED) is 0.752. The van der Waals surface area contributed by atoms with Crippen LogP contribution >= 0.6 is 0 Å². The lowest BCUT2D eigenvalue weighted by molar-refractivity contribution is 0.372. The molecule has 0 aliphatic carbocycles. The third-order valence-electron chi connectivity index (χ3n) is 4.45. The van der Waals surface area contributed by atoms with Crippen LogP contribution in [0, 0.1) is 13.8 Å². The molecule has 1 aromatic heterocycles. The van der Waals surface area contributed by atoms with Crippen LogP contribution in [0.2, 0.25) is 0 Å². The number of ether oxygens (including phenoxy) is 1. The number of phenolic OH excluding ortho intramolecular Hbond substituents is 1. The van der Waals surface area contributed by atoms with Crippen molar-refractivity contribution in [1.82, 2.24) is 9.78 Å². The van der Waals surface area contributed by atoms with Gasteiger partial charge in [0.2, 0.25) is 0 Å². The molecule has 2 aromatic carbocycles. The van der Waals surface area contributed by atoms with Crippen LogP contribution in [0.1, 0.15) is 23.0 Å². The first-order chi connectivity index (χ1) is 11.6. The van der Waals surface area contributed by atoms with Gasteiger partial charge in [-0.25, -0.2) is 4.68 Å². The molecule has 0 unspecified atom stereocenters.